The highest BCUT2D eigenvalue weighted by Crippen LogP contribution is 2.31. The zero-order chi connectivity index (χ0) is 21.3. The Labute approximate surface area is 169 Å². The molecule has 0 unspecified atom stereocenters. The van der Waals surface area contributed by atoms with Crippen molar-refractivity contribution in [2.24, 2.45) is 4.99 Å². The van der Waals surface area contributed by atoms with E-state index in [1.807, 2.05) is 44.2 Å². The van der Waals surface area contributed by atoms with Crippen LogP contribution in [0, 0.1) is 18.3 Å². The molecule has 1 aliphatic rings. The third kappa shape index (κ3) is 3.96. The number of aromatic hydroxyl groups is 1. The number of hydrogen-bond donors (Lipinski definition) is 1. The summed E-state index contributed by atoms with van der Waals surface area (Å²) < 4.78 is 24.8. The largest absolute Gasteiger partial charge is 0.494 e. The van der Waals surface area contributed by atoms with Crippen molar-refractivity contribution >= 4 is 21.7 Å². The summed E-state index contributed by atoms with van der Waals surface area (Å²) in [5.74, 6) is -0.407. The number of sulfone groups is 1. The lowest BCUT2D eigenvalue weighted by atomic mass is 10.0. The zero-order valence-corrected chi connectivity index (χ0v) is 17.4. The molecule has 0 amide bonds. The van der Waals surface area contributed by atoms with E-state index < -0.39 is 21.4 Å². The van der Waals surface area contributed by atoms with Gasteiger partial charge in [0.1, 0.15) is 11.6 Å². The Balaban J connectivity index is 2.17. The molecule has 1 aromatic heterocycles. The van der Waals surface area contributed by atoms with Gasteiger partial charge in [-0.05, 0) is 36.5 Å². The molecule has 1 fully saturated rings. The van der Waals surface area contributed by atoms with Crippen molar-refractivity contribution < 1.29 is 13.5 Å². The SMILES string of the molecule is Cc1c(C=Nc2ccccc2C(C)C)c(O)n([C@H]2CCS(=O)(=O)C2)c(=O)c1C#N. The van der Waals surface area contributed by atoms with Crippen LogP contribution in [0.3, 0.4) is 0 Å². The second-order valence-corrected chi connectivity index (χ2v) is 9.78. The molecule has 0 radical (unpaired) electrons. The number of para-hydroxylation sites is 1. The minimum atomic E-state index is -3.28. The molecule has 0 bridgehead atoms. The Morgan fingerprint density at radius 2 is 2.03 bits per heavy atom. The van der Waals surface area contributed by atoms with Gasteiger partial charge in [0.2, 0.25) is 5.88 Å². The molecule has 0 aliphatic carbocycles. The van der Waals surface area contributed by atoms with E-state index in [0.29, 0.717) is 5.56 Å². The molecule has 0 spiro atoms. The first-order valence-corrected chi connectivity index (χ1v) is 11.2. The molecule has 8 heteroatoms. The Kier molecular flexibility index (Phi) is 5.62. The number of hydrogen-bond acceptors (Lipinski definition) is 6. The van der Waals surface area contributed by atoms with Gasteiger partial charge in [0.05, 0.1) is 28.8 Å². The van der Waals surface area contributed by atoms with Crippen LogP contribution in [0.15, 0.2) is 34.1 Å². The Morgan fingerprint density at radius 3 is 2.62 bits per heavy atom. The Hall–Kier alpha value is -2.92. The van der Waals surface area contributed by atoms with E-state index in [4.69, 9.17) is 0 Å². The molecule has 29 heavy (non-hydrogen) atoms. The van der Waals surface area contributed by atoms with Gasteiger partial charge < -0.3 is 5.11 Å². The van der Waals surface area contributed by atoms with Crippen molar-refractivity contribution in [3.05, 3.63) is 56.9 Å². The van der Waals surface area contributed by atoms with Crippen LogP contribution < -0.4 is 5.56 Å². The van der Waals surface area contributed by atoms with Gasteiger partial charge in [0.15, 0.2) is 9.84 Å². The van der Waals surface area contributed by atoms with E-state index in [0.717, 1.165) is 15.8 Å². The highest BCUT2D eigenvalue weighted by molar-refractivity contribution is 7.91. The minimum absolute atomic E-state index is 0.0511. The predicted molar refractivity (Wildman–Crippen MR) is 112 cm³/mol. The lowest BCUT2D eigenvalue weighted by Crippen LogP contribution is -2.29. The molecular formula is C21H23N3O4S. The van der Waals surface area contributed by atoms with E-state index in [1.165, 1.54) is 6.21 Å². The van der Waals surface area contributed by atoms with Gasteiger partial charge in [-0.15, -0.1) is 0 Å². The summed E-state index contributed by atoms with van der Waals surface area (Å²) in [4.78, 5) is 17.2. The lowest BCUT2D eigenvalue weighted by Gasteiger charge is -2.18. The fourth-order valence-corrected chi connectivity index (χ4v) is 5.34. The minimum Gasteiger partial charge on any atom is -0.494 e. The maximum atomic E-state index is 12.8. The number of pyridine rings is 1. The third-order valence-electron chi connectivity index (χ3n) is 5.26. The van der Waals surface area contributed by atoms with E-state index in [1.54, 1.807) is 6.92 Å². The van der Waals surface area contributed by atoms with Gasteiger partial charge in [0, 0.05) is 6.21 Å². The number of nitriles is 1. The smallest absolute Gasteiger partial charge is 0.271 e. The monoisotopic (exact) mass is 413 g/mol. The molecule has 2 aromatic rings. The van der Waals surface area contributed by atoms with Crippen LogP contribution in [0.25, 0.3) is 0 Å². The van der Waals surface area contributed by atoms with Crippen molar-refractivity contribution in [2.45, 2.75) is 39.2 Å². The molecule has 2 heterocycles. The van der Waals surface area contributed by atoms with Gasteiger partial charge in [-0.1, -0.05) is 32.0 Å². The second kappa shape index (κ2) is 7.84. The van der Waals surface area contributed by atoms with Crippen LogP contribution in [0.2, 0.25) is 0 Å². The van der Waals surface area contributed by atoms with Crippen LogP contribution in [0.1, 0.15) is 54.5 Å². The molecule has 1 saturated heterocycles. The maximum Gasteiger partial charge on any atom is 0.271 e. The van der Waals surface area contributed by atoms with Gasteiger partial charge in [0.25, 0.3) is 5.56 Å². The Bertz CT molecular complexity index is 1190. The Morgan fingerprint density at radius 1 is 1.34 bits per heavy atom. The van der Waals surface area contributed by atoms with Gasteiger partial charge in [-0.25, -0.2) is 8.42 Å². The summed E-state index contributed by atoms with van der Waals surface area (Å²) in [5, 5.41) is 20.3. The fourth-order valence-electron chi connectivity index (χ4n) is 3.64. The van der Waals surface area contributed by atoms with Crippen LogP contribution in [0.5, 0.6) is 5.88 Å². The number of benzene rings is 1. The van der Waals surface area contributed by atoms with Gasteiger partial charge in [-0.3, -0.25) is 14.4 Å². The molecule has 3 rings (SSSR count). The molecule has 1 aliphatic heterocycles. The average molecular weight is 413 g/mol. The first-order valence-electron chi connectivity index (χ1n) is 9.38. The van der Waals surface area contributed by atoms with E-state index >= 15 is 0 Å². The van der Waals surface area contributed by atoms with E-state index in [-0.39, 0.29) is 40.9 Å². The summed E-state index contributed by atoms with van der Waals surface area (Å²) in [6.45, 7) is 5.67. The third-order valence-corrected chi connectivity index (χ3v) is 7.01. The van der Waals surface area contributed by atoms with E-state index in [9.17, 15) is 23.6 Å². The van der Waals surface area contributed by atoms with Crippen molar-refractivity contribution in [3.8, 4) is 11.9 Å². The molecule has 152 valence electrons. The van der Waals surface area contributed by atoms with Crippen LogP contribution >= 0.6 is 0 Å². The lowest BCUT2D eigenvalue weighted by molar-refractivity contribution is 0.379. The standard InChI is InChI=1S/C21H23N3O4S/c1-13(2)16-6-4-5-7-19(16)23-11-18-14(3)17(10-22)20(25)24(21(18)26)15-8-9-29(27,28)12-15/h4-7,11,13,15,26H,8-9,12H2,1-3H3/t15-/m0/s1. The summed E-state index contributed by atoms with van der Waals surface area (Å²) in [5.41, 5.74) is 1.51. The zero-order valence-electron chi connectivity index (χ0n) is 16.6. The van der Waals surface area contributed by atoms with Crippen molar-refractivity contribution in [1.29, 1.82) is 5.26 Å². The summed E-state index contributed by atoms with van der Waals surface area (Å²) in [7, 11) is -3.28. The topological polar surface area (TPSA) is 113 Å². The molecule has 1 atom stereocenters. The van der Waals surface area contributed by atoms with Crippen molar-refractivity contribution in [3.63, 3.8) is 0 Å². The number of aromatic nitrogens is 1. The maximum absolute atomic E-state index is 12.8. The van der Waals surface area contributed by atoms with Gasteiger partial charge in [-0.2, -0.15) is 5.26 Å². The normalized spacial score (nSPS) is 18.4. The quantitative estimate of drug-likeness (QED) is 0.774. The van der Waals surface area contributed by atoms with Crippen LogP contribution in [-0.2, 0) is 9.84 Å². The first kappa shape index (κ1) is 20.8. The average Bonchev–Trinajstić information content (AvgIpc) is 3.01. The molecule has 1 N–H and O–H groups in total. The highest BCUT2D eigenvalue weighted by Gasteiger charge is 2.33. The highest BCUT2D eigenvalue weighted by atomic mass is 32.2. The number of nitrogens with zero attached hydrogens (tertiary/aromatic N) is 3. The van der Waals surface area contributed by atoms with Gasteiger partial charge >= 0.3 is 0 Å². The fraction of sp³-hybridized carbons (Fsp3) is 0.381. The van der Waals surface area contributed by atoms with Crippen LogP contribution in [0.4, 0.5) is 5.69 Å². The predicted octanol–water partition coefficient (Wildman–Crippen LogP) is 2.97. The van der Waals surface area contributed by atoms with Crippen LogP contribution in [-0.4, -0.2) is 35.8 Å². The summed E-state index contributed by atoms with van der Waals surface area (Å²) in [6.07, 6.45) is 1.66. The number of aliphatic imine (C=N–C) groups is 1. The number of rotatable bonds is 4. The molecule has 7 nitrogen and oxygen atoms in total. The first-order chi connectivity index (χ1) is 13.7. The molecule has 1 aromatic carbocycles. The van der Waals surface area contributed by atoms with E-state index in [2.05, 4.69) is 4.99 Å². The summed E-state index contributed by atoms with van der Waals surface area (Å²) >= 11 is 0. The second-order valence-electron chi connectivity index (χ2n) is 7.55. The molecule has 0 saturated carbocycles. The van der Waals surface area contributed by atoms with Crippen molar-refractivity contribution in [1.82, 2.24) is 4.57 Å². The molecular weight excluding hydrogens is 390 g/mol. The summed E-state index contributed by atoms with van der Waals surface area (Å²) in [6, 6.07) is 8.79. The van der Waals surface area contributed by atoms with Crippen molar-refractivity contribution in [2.75, 3.05) is 11.5 Å².